The summed E-state index contributed by atoms with van der Waals surface area (Å²) in [4.78, 5) is 11.1. The number of carbonyl (C=O) groups is 1. The molecule has 0 radical (unpaired) electrons. The second kappa shape index (κ2) is 14.9. The van der Waals surface area contributed by atoms with E-state index < -0.39 is 0 Å². The molecule has 19 heavy (non-hydrogen) atoms. The Morgan fingerprint density at radius 1 is 0.895 bits per heavy atom. The van der Waals surface area contributed by atoms with Crippen molar-refractivity contribution in [3.63, 3.8) is 0 Å². The third-order valence-corrected chi connectivity index (χ3v) is 3.17. The minimum Gasteiger partial charge on any atom is -0.338 e. The monoisotopic (exact) mass is 266 g/mol. The van der Waals surface area contributed by atoms with Gasteiger partial charge in [-0.15, -0.1) is 6.42 Å². The standard InChI is InChI=1S/C16H30N2O/c1-3-5-6-7-8-9-10-11-12-13-15-18-16(19)17-14-4-2/h2H,3,5-15H2,1H3,(H2,17,18,19). The second-order valence-corrected chi connectivity index (χ2v) is 5.00. The van der Waals surface area contributed by atoms with Crippen molar-refractivity contribution in [3.8, 4) is 12.3 Å². The first-order valence-corrected chi connectivity index (χ1v) is 7.76. The molecule has 0 aliphatic heterocycles. The lowest BCUT2D eigenvalue weighted by Gasteiger charge is -2.05. The van der Waals surface area contributed by atoms with Crippen LogP contribution in [-0.2, 0) is 0 Å². The van der Waals surface area contributed by atoms with Gasteiger partial charge in [0.2, 0.25) is 0 Å². The normalized spacial score (nSPS) is 9.89. The number of carbonyl (C=O) groups excluding carboxylic acids is 1. The molecule has 0 bridgehead atoms. The molecule has 0 unspecified atom stereocenters. The molecule has 0 saturated carbocycles. The molecule has 110 valence electrons. The van der Waals surface area contributed by atoms with Gasteiger partial charge in [0.05, 0.1) is 6.54 Å². The first-order valence-electron chi connectivity index (χ1n) is 7.76. The first kappa shape index (κ1) is 17.8. The molecule has 2 amide bonds. The maximum absolute atomic E-state index is 11.1. The minimum atomic E-state index is -0.158. The molecule has 0 aliphatic rings. The Labute approximate surface area is 118 Å². The van der Waals surface area contributed by atoms with Crippen LogP contribution in [0, 0.1) is 12.3 Å². The highest BCUT2D eigenvalue weighted by Gasteiger charge is 1.96. The fourth-order valence-electron chi connectivity index (χ4n) is 2.01. The quantitative estimate of drug-likeness (QED) is 0.409. The van der Waals surface area contributed by atoms with E-state index in [1.54, 1.807) is 0 Å². The van der Waals surface area contributed by atoms with Gasteiger partial charge in [-0.05, 0) is 6.42 Å². The molecule has 0 saturated heterocycles. The van der Waals surface area contributed by atoms with Crippen LogP contribution in [0.3, 0.4) is 0 Å². The maximum Gasteiger partial charge on any atom is 0.315 e. The average Bonchev–Trinajstić information content (AvgIpc) is 2.42. The molecule has 0 heterocycles. The van der Waals surface area contributed by atoms with Crippen LogP contribution in [0.1, 0.15) is 71.1 Å². The van der Waals surface area contributed by atoms with Crippen LogP contribution in [0.25, 0.3) is 0 Å². The van der Waals surface area contributed by atoms with Crippen LogP contribution in [0.15, 0.2) is 0 Å². The van der Waals surface area contributed by atoms with E-state index in [0.717, 1.165) is 13.0 Å². The molecular formula is C16H30N2O. The van der Waals surface area contributed by atoms with Crippen molar-refractivity contribution in [1.29, 1.82) is 0 Å². The van der Waals surface area contributed by atoms with E-state index in [2.05, 4.69) is 23.5 Å². The van der Waals surface area contributed by atoms with Crippen LogP contribution >= 0.6 is 0 Å². The lowest BCUT2D eigenvalue weighted by molar-refractivity contribution is 0.242. The predicted octanol–water partition coefficient (Wildman–Crippen LogP) is 3.84. The highest BCUT2D eigenvalue weighted by Crippen LogP contribution is 2.10. The summed E-state index contributed by atoms with van der Waals surface area (Å²) in [7, 11) is 0. The molecule has 0 aliphatic carbocycles. The second-order valence-electron chi connectivity index (χ2n) is 5.00. The van der Waals surface area contributed by atoms with E-state index in [1.165, 1.54) is 57.8 Å². The number of amides is 2. The van der Waals surface area contributed by atoms with Gasteiger partial charge in [-0.1, -0.05) is 70.6 Å². The van der Waals surface area contributed by atoms with Gasteiger partial charge in [-0.2, -0.15) is 0 Å². The Morgan fingerprint density at radius 2 is 1.42 bits per heavy atom. The van der Waals surface area contributed by atoms with Gasteiger partial charge in [-0.25, -0.2) is 4.79 Å². The summed E-state index contributed by atoms with van der Waals surface area (Å²) in [6, 6.07) is -0.158. The molecule has 3 heteroatoms. The number of hydrogen-bond donors (Lipinski definition) is 2. The van der Waals surface area contributed by atoms with Gasteiger partial charge >= 0.3 is 6.03 Å². The SMILES string of the molecule is C#CCNC(=O)NCCCCCCCCCCCC. The Morgan fingerprint density at radius 3 is 1.95 bits per heavy atom. The molecule has 0 aromatic rings. The van der Waals surface area contributed by atoms with Crippen molar-refractivity contribution in [3.05, 3.63) is 0 Å². The number of hydrogen-bond acceptors (Lipinski definition) is 1. The molecule has 0 fully saturated rings. The molecule has 0 aromatic heterocycles. The van der Waals surface area contributed by atoms with Crippen LogP contribution in [0.2, 0.25) is 0 Å². The lowest BCUT2D eigenvalue weighted by Crippen LogP contribution is -2.36. The fraction of sp³-hybridized carbons (Fsp3) is 0.812. The highest BCUT2D eigenvalue weighted by atomic mass is 16.2. The summed E-state index contributed by atoms with van der Waals surface area (Å²) >= 11 is 0. The van der Waals surface area contributed by atoms with Crippen LogP contribution in [0.5, 0.6) is 0 Å². The van der Waals surface area contributed by atoms with Gasteiger partial charge in [-0.3, -0.25) is 0 Å². The minimum absolute atomic E-state index is 0.158. The Balaban J connectivity index is 3.07. The topological polar surface area (TPSA) is 41.1 Å². The molecule has 0 aromatic carbocycles. The third kappa shape index (κ3) is 14.8. The van der Waals surface area contributed by atoms with Gasteiger partial charge in [0, 0.05) is 6.54 Å². The number of terminal acetylenes is 1. The number of urea groups is 1. The van der Waals surface area contributed by atoms with Gasteiger partial charge in [0.1, 0.15) is 0 Å². The van der Waals surface area contributed by atoms with Crippen LogP contribution in [-0.4, -0.2) is 19.1 Å². The Bertz CT molecular complexity index is 246. The number of nitrogens with one attached hydrogen (secondary N) is 2. The van der Waals surface area contributed by atoms with E-state index in [1.807, 2.05) is 0 Å². The van der Waals surface area contributed by atoms with E-state index in [4.69, 9.17) is 6.42 Å². The van der Waals surface area contributed by atoms with Gasteiger partial charge < -0.3 is 10.6 Å². The number of unbranched alkanes of at least 4 members (excludes halogenated alkanes) is 9. The van der Waals surface area contributed by atoms with Crippen molar-refractivity contribution in [2.75, 3.05) is 13.1 Å². The molecule has 0 spiro atoms. The summed E-state index contributed by atoms with van der Waals surface area (Å²) in [6.45, 7) is 3.29. The average molecular weight is 266 g/mol. The van der Waals surface area contributed by atoms with Gasteiger partial charge in [0.15, 0.2) is 0 Å². The number of rotatable bonds is 12. The zero-order valence-corrected chi connectivity index (χ0v) is 12.5. The largest absolute Gasteiger partial charge is 0.338 e. The Hall–Kier alpha value is -1.17. The van der Waals surface area contributed by atoms with E-state index >= 15 is 0 Å². The van der Waals surface area contributed by atoms with Crippen molar-refractivity contribution in [2.24, 2.45) is 0 Å². The lowest BCUT2D eigenvalue weighted by atomic mass is 10.1. The highest BCUT2D eigenvalue weighted by molar-refractivity contribution is 5.73. The summed E-state index contributed by atoms with van der Waals surface area (Å²) in [5.74, 6) is 2.37. The zero-order chi connectivity index (χ0) is 14.2. The molecule has 0 rings (SSSR count). The van der Waals surface area contributed by atoms with Crippen LogP contribution < -0.4 is 10.6 Å². The molecular weight excluding hydrogens is 236 g/mol. The molecule has 0 atom stereocenters. The Kier molecular flexibility index (Phi) is 14.0. The summed E-state index contributed by atoms with van der Waals surface area (Å²) in [5.41, 5.74) is 0. The predicted molar refractivity (Wildman–Crippen MR) is 82.1 cm³/mol. The summed E-state index contributed by atoms with van der Waals surface area (Å²) < 4.78 is 0. The first-order chi connectivity index (χ1) is 9.31. The van der Waals surface area contributed by atoms with Crippen molar-refractivity contribution >= 4 is 6.03 Å². The van der Waals surface area contributed by atoms with E-state index in [9.17, 15) is 4.79 Å². The molecule has 2 N–H and O–H groups in total. The van der Waals surface area contributed by atoms with Crippen molar-refractivity contribution < 1.29 is 4.79 Å². The fourth-order valence-corrected chi connectivity index (χ4v) is 2.01. The van der Waals surface area contributed by atoms with Crippen molar-refractivity contribution in [2.45, 2.75) is 71.1 Å². The van der Waals surface area contributed by atoms with Gasteiger partial charge in [0.25, 0.3) is 0 Å². The van der Waals surface area contributed by atoms with Crippen LogP contribution in [0.4, 0.5) is 4.79 Å². The summed E-state index contributed by atoms with van der Waals surface area (Å²) in [5, 5.41) is 5.38. The molecule has 3 nitrogen and oxygen atoms in total. The summed E-state index contributed by atoms with van der Waals surface area (Å²) in [6.07, 6.45) is 18.1. The van der Waals surface area contributed by atoms with Crippen molar-refractivity contribution in [1.82, 2.24) is 10.6 Å². The smallest absolute Gasteiger partial charge is 0.315 e. The maximum atomic E-state index is 11.1. The van der Waals surface area contributed by atoms with E-state index in [0.29, 0.717) is 6.54 Å². The van der Waals surface area contributed by atoms with E-state index in [-0.39, 0.29) is 6.03 Å². The third-order valence-electron chi connectivity index (χ3n) is 3.17. The zero-order valence-electron chi connectivity index (χ0n) is 12.5.